The largest absolute Gasteiger partial charge is 0.448 e. The Hall–Kier alpha value is -3.83. The monoisotopic (exact) mass is 536 g/mol. The van der Waals surface area contributed by atoms with E-state index < -0.39 is 34.5 Å². The Kier molecular flexibility index (Phi) is 8.08. The van der Waals surface area contributed by atoms with Crippen molar-refractivity contribution in [3.05, 3.63) is 113 Å². The quantitative estimate of drug-likeness (QED) is 0.288. The van der Waals surface area contributed by atoms with Crippen molar-refractivity contribution in [3.63, 3.8) is 0 Å². The van der Waals surface area contributed by atoms with Crippen molar-refractivity contribution in [2.45, 2.75) is 37.1 Å². The van der Waals surface area contributed by atoms with Crippen LogP contribution in [0.25, 0.3) is 0 Å². The first kappa shape index (κ1) is 27.2. The van der Waals surface area contributed by atoms with E-state index in [0.717, 1.165) is 16.7 Å². The molecule has 0 spiro atoms. The lowest BCUT2D eigenvalue weighted by Crippen LogP contribution is -2.71. The van der Waals surface area contributed by atoms with Crippen LogP contribution in [-0.2, 0) is 29.2 Å². The number of hydrogen-bond acceptors (Lipinski definition) is 7. The average Bonchev–Trinajstić information content (AvgIpc) is 2.92. The number of fused-ring (bicyclic) bond motifs is 1. The molecule has 1 amide bonds. The molecule has 3 aromatic rings. The number of esters is 1. The zero-order valence-electron chi connectivity index (χ0n) is 20.9. The number of rotatable bonds is 5. The minimum Gasteiger partial charge on any atom is -0.448 e. The molecule has 2 aliphatic heterocycles. The lowest BCUT2D eigenvalue weighted by atomic mass is 9.99. The molecule has 3 aromatic carbocycles. The molecule has 0 radical (unpaired) electrons. The Morgan fingerprint density at radius 1 is 0.974 bits per heavy atom. The fraction of sp³-hybridized carbons (Fsp3) is 0.214. The predicted octanol–water partition coefficient (Wildman–Crippen LogP) is 3.36. The highest BCUT2D eigenvalue weighted by Gasteiger charge is 2.52. The van der Waals surface area contributed by atoms with Gasteiger partial charge in [0.2, 0.25) is 0 Å². The fourth-order valence-corrected chi connectivity index (χ4v) is 4.60. The first-order chi connectivity index (χ1) is 18.1. The summed E-state index contributed by atoms with van der Waals surface area (Å²) in [6.45, 7) is 3.84. The van der Waals surface area contributed by atoms with E-state index in [2.05, 4.69) is 0 Å². The fourth-order valence-electron chi connectivity index (χ4n) is 4.12. The molecule has 0 bridgehead atoms. The van der Waals surface area contributed by atoms with Gasteiger partial charge < -0.3 is 15.2 Å². The Morgan fingerprint density at radius 3 is 2.00 bits per heavy atom. The van der Waals surface area contributed by atoms with Crippen molar-refractivity contribution in [2.75, 3.05) is 6.61 Å². The first-order valence-electron chi connectivity index (χ1n) is 11.8. The number of hydrogen-bond donors (Lipinski definition) is 2. The summed E-state index contributed by atoms with van der Waals surface area (Å²) >= 11 is 0. The molecular formula is C28H28N2O7S. The van der Waals surface area contributed by atoms with Crippen LogP contribution in [0.4, 0.5) is 0 Å². The molecule has 0 aromatic heterocycles. The third-order valence-corrected chi connectivity index (χ3v) is 7.01. The van der Waals surface area contributed by atoms with Crippen LogP contribution in [0, 0.1) is 6.92 Å². The Balaban J connectivity index is 0.000000257. The third-order valence-electron chi connectivity index (χ3n) is 6.14. The SMILES string of the molecule is CC1=C(C(=O)OC(c2ccccc2)c2ccccc2)N2C(=O)C(N)C2OC1.Cc1ccc(S(=O)(=O)O)cc1. The molecule has 0 aliphatic carbocycles. The van der Waals surface area contributed by atoms with Crippen molar-refractivity contribution >= 4 is 22.0 Å². The van der Waals surface area contributed by atoms with Crippen LogP contribution in [0.1, 0.15) is 29.7 Å². The maximum Gasteiger partial charge on any atom is 0.356 e. The topological polar surface area (TPSA) is 136 Å². The van der Waals surface area contributed by atoms with Gasteiger partial charge in [-0.1, -0.05) is 78.4 Å². The van der Waals surface area contributed by atoms with Gasteiger partial charge in [-0.15, -0.1) is 0 Å². The van der Waals surface area contributed by atoms with Gasteiger partial charge in [0.25, 0.3) is 16.0 Å². The number of ether oxygens (including phenoxy) is 2. The van der Waals surface area contributed by atoms with Gasteiger partial charge in [-0.05, 0) is 42.7 Å². The summed E-state index contributed by atoms with van der Waals surface area (Å²) in [6, 6.07) is 24.3. The Labute approximate surface area is 221 Å². The molecule has 0 saturated carbocycles. The normalized spacial score (nSPS) is 18.8. The molecule has 2 heterocycles. The third kappa shape index (κ3) is 5.84. The van der Waals surface area contributed by atoms with Crippen molar-refractivity contribution in [3.8, 4) is 0 Å². The number of nitrogens with zero attached hydrogens (tertiary/aromatic N) is 1. The second-order valence-corrected chi connectivity index (χ2v) is 10.4. The molecule has 2 atom stereocenters. The van der Waals surface area contributed by atoms with Crippen LogP contribution < -0.4 is 5.73 Å². The zero-order valence-corrected chi connectivity index (χ0v) is 21.7. The Morgan fingerprint density at radius 2 is 1.50 bits per heavy atom. The molecule has 1 saturated heterocycles. The van der Waals surface area contributed by atoms with E-state index in [4.69, 9.17) is 19.8 Å². The molecule has 10 heteroatoms. The highest BCUT2D eigenvalue weighted by Crippen LogP contribution is 2.34. The molecule has 2 aliphatic rings. The second-order valence-electron chi connectivity index (χ2n) is 8.96. The predicted molar refractivity (Wildman–Crippen MR) is 139 cm³/mol. The van der Waals surface area contributed by atoms with Crippen molar-refractivity contribution in [1.29, 1.82) is 0 Å². The highest BCUT2D eigenvalue weighted by atomic mass is 32.2. The summed E-state index contributed by atoms with van der Waals surface area (Å²) < 4.78 is 41.0. The van der Waals surface area contributed by atoms with Gasteiger partial charge in [0.05, 0.1) is 11.5 Å². The summed E-state index contributed by atoms with van der Waals surface area (Å²) in [5.74, 6) is -0.888. The molecule has 38 heavy (non-hydrogen) atoms. The van der Waals surface area contributed by atoms with Crippen molar-refractivity contribution < 1.29 is 32.0 Å². The average molecular weight is 537 g/mol. The van der Waals surface area contributed by atoms with Crippen molar-refractivity contribution in [1.82, 2.24) is 4.90 Å². The van der Waals surface area contributed by atoms with E-state index in [0.29, 0.717) is 5.57 Å². The van der Waals surface area contributed by atoms with E-state index in [9.17, 15) is 18.0 Å². The van der Waals surface area contributed by atoms with Crippen LogP contribution >= 0.6 is 0 Å². The number of benzene rings is 3. The van der Waals surface area contributed by atoms with Gasteiger partial charge >= 0.3 is 5.97 Å². The van der Waals surface area contributed by atoms with Crippen LogP contribution in [0.15, 0.2) is 101 Å². The first-order valence-corrected chi connectivity index (χ1v) is 13.3. The van der Waals surface area contributed by atoms with Gasteiger partial charge in [0.15, 0.2) is 12.3 Å². The van der Waals surface area contributed by atoms with E-state index in [-0.39, 0.29) is 23.1 Å². The van der Waals surface area contributed by atoms with Gasteiger partial charge in [0, 0.05) is 0 Å². The standard InChI is InChI=1S/C21H20N2O4.C7H8O3S/c1-13-12-26-20-16(22)19(24)23(20)17(13)21(25)27-18(14-8-4-2-5-9-14)15-10-6-3-7-11-15;1-6-2-4-7(5-3-6)11(8,9)10/h2-11,16,18,20H,12,22H2,1H3;2-5H,1H3,(H,8,9,10). The Bertz CT molecular complexity index is 1400. The number of carbonyl (C=O) groups is 2. The lowest BCUT2D eigenvalue weighted by molar-refractivity contribution is -0.182. The van der Waals surface area contributed by atoms with Gasteiger partial charge in [0.1, 0.15) is 11.7 Å². The van der Waals surface area contributed by atoms with E-state index in [1.165, 1.54) is 17.0 Å². The van der Waals surface area contributed by atoms with Gasteiger partial charge in [-0.25, -0.2) is 4.79 Å². The van der Waals surface area contributed by atoms with Crippen LogP contribution in [0.5, 0.6) is 0 Å². The summed E-state index contributed by atoms with van der Waals surface area (Å²) in [6.07, 6.45) is -1.18. The number of nitrogens with two attached hydrogens (primary N) is 1. The van der Waals surface area contributed by atoms with Gasteiger partial charge in [-0.2, -0.15) is 8.42 Å². The highest BCUT2D eigenvalue weighted by molar-refractivity contribution is 7.85. The number of β-lactam (4-membered cyclic amide) rings is 1. The number of carbonyl (C=O) groups excluding carboxylic acids is 2. The van der Waals surface area contributed by atoms with Gasteiger partial charge in [-0.3, -0.25) is 14.2 Å². The smallest absolute Gasteiger partial charge is 0.356 e. The summed E-state index contributed by atoms with van der Waals surface area (Å²) in [4.78, 5) is 26.4. The molecule has 9 nitrogen and oxygen atoms in total. The molecule has 3 N–H and O–H groups in total. The summed E-state index contributed by atoms with van der Waals surface area (Å²) in [7, 11) is -4.02. The molecule has 1 fully saturated rings. The van der Waals surface area contributed by atoms with E-state index in [1.807, 2.05) is 67.6 Å². The van der Waals surface area contributed by atoms with E-state index >= 15 is 0 Å². The van der Waals surface area contributed by atoms with Crippen LogP contribution in [-0.4, -0.2) is 48.6 Å². The maximum atomic E-state index is 13.0. The van der Waals surface area contributed by atoms with Crippen LogP contribution in [0.3, 0.4) is 0 Å². The molecule has 5 rings (SSSR count). The van der Waals surface area contributed by atoms with E-state index in [1.54, 1.807) is 19.1 Å². The number of aryl methyl sites for hydroxylation is 1. The van der Waals surface area contributed by atoms with Crippen LogP contribution in [0.2, 0.25) is 0 Å². The molecule has 198 valence electrons. The minimum absolute atomic E-state index is 0.0666. The zero-order chi connectivity index (χ0) is 27.4. The lowest BCUT2D eigenvalue weighted by Gasteiger charge is -2.48. The molecular weight excluding hydrogens is 508 g/mol. The summed E-state index contributed by atoms with van der Waals surface area (Å²) in [5.41, 5.74) is 9.32. The second kappa shape index (κ2) is 11.3. The minimum atomic E-state index is -4.02. The van der Waals surface area contributed by atoms with Crippen molar-refractivity contribution in [2.24, 2.45) is 5.73 Å². The number of amides is 1. The summed E-state index contributed by atoms with van der Waals surface area (Å²) in [5, 5.41) is 0. The molecule has 2 unspecified atom stereocenters. The maximum absolute atomic E-state index is 13.0.